The van der Waals surface area contributed by atoms with Gasteiger partial charge in [-0.15, -0.1) is 0 Å². The number of ketones is 1. The normalized spacial score (nSPS) is 39.8. The molecular weight excluding hydrogens is 478 g/mol. The molecule has 0 saturated heterocycles. The van der Waals surface area contributed by atoms with E-state index in [0.717, 1.165) is 42.2 Å². The first-order valence-corrected chi connectivity index (χ1v) is 13.7. The van der Waals surface area contributed by atoms with E-state index in [1.165, 1.54) is 17.5 Å². The zero-order valence-corrected chi connectivity index (χ0v) is 22.6. The van der Waals surface area contributed by atoms with Gasteiger partial charge in [0.2, 0.25) is 0 Å². The predicted molar refractivity (Wildman–Crippen MR) is 135 cm³/mol. The number of anilines is 1. The summed E-state index contributed by atoms with van der Waals surface area (Å²) in [7, 11) is 0. The molecule has 1 heterocycles. The molecule has 0 aliphatic heterocycles. The van der Waals surface area contributed by atoms with E-state index in [1.54, 1.807) is 6.20 Å². The molecule has 6 aliphatic rings. The topological polar surface area (TPSA) is 64.0 Å². The largest absolute Gasteiger partial charge is 0.380 e. The van der Waals surface area contributed by atoms with Crippen LogP contribution in [0.15, 0.2) is 15.5 Å². The Bertz CT molecular complexity index is 1020. The monoisotopic (exact) mass is 517 g/mol. The minimum Gasteiger partial charge on any atom is -0.380 e. The van der Waals surface area contributed by atoms with Crippen molar-refractivity contribution in [3.05, 3.63) is 21.0 Å². The lowest BCUT2D eigenvalue weighted by Gasteiger charge is -2.62. The fourth-order valence-corrected chi connectivity index (χ4v) is 8.69. The third-order valence-corrected chi connectivity index (χ3v) is 11.8. The molecule has 5 nitrogen and oxygen atoms in total. The smallest absolute Gasteiger partial charge is 0.283 e. The predicted octanol–water partition coefficient (Wildman–Crippen LogP) is 5.77. The summed E-state index contributed by atoms with van der Waals surface area (Å²) >= 11 is 3.50. The fourth-order valence-electron chi connectivity index (χ4n) is 8.27. The second-order valence-corrected chi connectivity index (χ2v) is 13.8. The highest BCUT2D eigenvalue weighted by Crippen LogP contribution is 2.63. The lowest BCUT2D eigenvalue weighted by molar-refractivity contribution is -0.140. The Morgan fingerprint density at radius 3 is 2.24 bits per heavy atom. The first-order valence-electron chi connectivity index (χ1n) is 12.9. The van der Waals surface area contributed by atoms with Crippen LogP contribution in [0.4, 0.5) is 5.69 Å². The molecule has 6 aliphatic carbocycles. The van der Waals surface area contributed by atoms with Gasteiger partial charge in [0.1, 0.15) is 11.0 Å². The van der Waals surface area contributed by atoms with Crippen molar-refractivity contribution in [3.8, 4) is 0 Å². The average Bonchev–Trinajstić information content (AvgIpc) is 2.75. The van der Waals surface area contributed by atoms with E-state index in [4.69, 9.17) is 0 Å². The molecule has 7 rings (SSSR count). The first kappa shape index (κ1) is 23.6. The highest BCUT2D eigenvalue weighted by molar-refractivity contribution is 9.10. The molecule has 6 saturated carbocycles. The molecule has 6 fully saturated rings. The molecule has 33 heavy (non-hydrogen) atoms. The van der Waals surface area contributed by atoms with Gasteiger partial charge in [0.05, 0.1) is 11.9 Å². The Morgan fingerprint density at radius 1 is 1.06 bits per heavy atom. The standard InChI is InChI=1S/C27H40BrN3O2/c1-14-16(7-17-9-20(14)26(17,3)4)8-19(32)13-31-25(33)24(28)23(12-29-31)30-22-11-18-10-21(15(22)2)27(18,5)6/h12,14-18,20-22,30H,7-11,13H2,1-6H3/t14-,15+,16-,17+,18-,20+,21+,22+/m0/s1. The molecular formula is C27H40BrN3O2. The molecule has 0 unspecified atom stereocenters. The van der Waals surface area contributed by atoms with Gasteiger partial charge >= 0.3 is 0 Å². The zero-order valence-electron chi connectivity index (χ0n) is 21.0. The van der Waals surface area contributed by atoms with Gasteiger partial charge in [0.25, 0.3) is 5.56 Å². The van der Waals surface area contributed by atoms with Crippen molar-refractivity contribution in [3.63, 3.8) is 0 Å². The van der Waals surface area contributed by atoms with Crippen molar-refractivity contribution < 1.29 is 4.79 Å². The summed E-state index contributed by atoms with van der Waals surface area (Å²) in [6.45, 7) is 14.3. The van der Waals surface area contributed by atoms with Gasteiger partial charge in [-0.3, -0.25) is 9.59 Å². The van der Waals surface area contributed by atoms with E-state index in [9.17, 15) is 9.59 Å². The van der Waals surface area contributed by atoms with Gasteiger partial charge in [0, 0.05) is 12.5 Å². The third kappa shape index (κ3) is 3.65. The average molecular weight is 519 g/mol. The van der Waals surface area contributed by atoms with Crippen LogP contribution in [-0.4, -0.2) is 21.6 Å². The van der Waals surface area contributed by atoms with Crippen LogP contribution in [0.1, 0.15) is 73.6 Å². The number of Topliss-reactive ketones (excluding diaryl/α,β-unsaturated/α-hetero) is 1. The molecule has 0 spiro atoms. The molecule has 6 heteroatoms. The third-order valence-electron chi connectivity index (χ3n) is 11.0. The number of nitrogens with zero attached hydrogens (tertiary/aromatic N) is 2. The van der Waals surface area contributed by atoms with Crippen LogP contribution < -0.4 is 10.9 Å². The van der Waals surface area contributed by atoms with E-state index < -0.39 is 0 Å². The van der Waals surface area contributed by atoms with Gasteiger partial charge in [-0.05, 0) is 93.9 Å². The molecule has 1 aromatic rings. The number of hydrogen-bond donors (Lipinski definition) is 1. The Morgan fingerprint density at radius 2 is 1.67 bits per heavy atom. The summed E-state index contributed by atoms with van der Waals surface area (Å²) in [4.78, 5) is 25.9. The van der Waals surface area contributed by atoms with Crippen molar-refractivity contribution in [1.82, 2.24) is 9.78 Å². The Balaban J connectivity index is 1.22. The summed E-state index contributed by atoms with van der Waals surface area (Å²) in [6.07, 6.45) is 7.21. The second kappa shape index (κ2) is 7.93. The molecule has 0 radical (unpaired) electrons. The van der Waals surface area contributed by atoms with Gasteiger partial charge < -0.3 is 5.32 Å². The molecule has 8 atom stereocenters. The van der Waals surface area contributed by atoms with E-state index >= 15 is 0 Å². The maximum absolute atomic E-state index is 13.0. The SMILES string of the molecule is C[C@@H]1[C@H]2C[C@@H](C[C@H]1Nc1cnn(CC(=O)C[C@@H]3C[C@@H]4C[C@H]([C@H]3C)C4(C)C)c(=O)c1Br)C2(C)C. The molecule has 0 amide bonds. The summed E-state index contributed by atoms with van der Waals surface area (Å²) in [5.74, 6) is 4.66. The molecule has 182 valence electrons. The zero-order chi connectivity index (χ0) is 23.9. The Labute approximate surface area is 206 Å². The summed E-state index contributed by atoms with van der Waals surface area (Å²) in [5.41, 5.74) is 1.39. The quantitative estimate of drug-likeness (QED) is 0.520. The maximum Gasteiger partial charge on any atom is 0.283 e. The fraction of sp³-hybridized carbons (Fsp3) is 0.815. The van der Waals surface area contributed by atoms with E-state index in [2.05, 4.69) is 67.9 Å². The number of carbonyl (C=O) groups excluding carboxylic acids is 1. The second-order valence-electron chi connectivity index (χ2n) is 13.0. The highest BCUT2D eigenvalue weighted by Gasteiger charge is 2.57. The van der Waals surface area contributed by atoms with Crippen LogP contribution in [0.5, 0.6) is 0 Å². The number of rotatable bonds is 6. The lowest BCUT2D eigenvalue weighted by Crippen LogP contribution is -2.58. The van der Waals surface area contributed by atoms with Crippen molar-refractivity contribution >= 4 is 27.4 Å². The minimum absolute atomic E-state index is 0.0673. The van der Waals surface area contributed by atoms with Crippen LogP contribution >= 0.6 is 15.9 Å². The van der Waals surface area contributed by atoms with Gasteiger partial charge in [-0.2, -0.15) is 5.10 Å². The van der Waals surface area contributed by atoms with Crippen molar-refractivity contribution in [2.24, 2.45) is 52.3 Å². The van der Waals surface area contributed by atoms with E-state index in [1.807, 2.05) is 0 Å². The Hall–Kier alpha value is -1.17. The number of fused-ring (bicyclic) bond motifs is 4. The maximum atomic E-state index is 13.0. The summed E-state index contributed by atoms with van der Waals surface area (Å²) < 4.78 is 1.82. The van der Waals surface area contributed by atoms with Crippen LogP contribution in [0.3, 0.4) is 0 Å². The molecule has 0 aromatic carbocycles. The minimum atomic E-state index is -0.219. The Kier molecular flexibility index (Phi) is 5.66. The molecule has 1 aromatic heterocycles. The van der Waals surface area contributed by atoms with E-state index in [-0.39, 0.29) is 17.9 Å². The van der Waals surface area contributed by atoms with Crippen molar-refractivity contribution in [1.29, 1.82) is 0 Å². The van der Waals surface area contributed by atoms with Crippen molar-refractivity contribution in [2.75, 3.05) is 5.32 Å². The summed E-state index contributed by atoms with van der Waals surface area (Å²) in [6, 6.07) is 0.361. The van der Waals surface area contributed by atoms with Crippen LogP contribution in [0, 0.1) is 52.3 Å². The van der Waals surface area contributed by atoms with Gasteiger partial charge in [-0.25, -0.2) is 4.68 Å². The number of nitrogens with one attached hydrogen (secondary N) is 1. The number of hydrogen-bond acceptors (Lipinski definition) is 4. The van der Waals surface area contributed by atoms with Crippen LogP contribution in [0.2, 0.25) is 0 Å². The van der Waals surface area contributed by atoms with E-state index in [0.29, 0.717) is 45.5 Å². The van der Waals surface area contributed by atoms with Crippen molar-refractivity contribution in [2.45, 2.75) is 86.2 Å². The molecule has 1 N–H and O–H groups in total. The summed E-state index contributed by atoms with van der Waals surface area (Å²) in [5, 5.41) is 7.98. The first-order chi connectivity index (χ1) is 15.4. The lowest BCUT2D eigenvalue weighted by atomic mass is 9.43. The highest BCUT2D eigenvalue weighted by atomic mass is 79.9. The van der Waals surface area contributed by atoms with Crippen LogP contribution in [-0.2, 0) is 11.3 Å². The molecule has 4 bridgehead atoms. The van der Waals surface area contributed by atoms with Crippen LogP contribution in [0.25, 0.3) is 0 Å². The van der Waals surface area contributed by atoms with Gasteiger partial charge in [-0.1, -0.05) is 41.5 Å². The number of aromatic nitrogens is 2. The number of halogens is 1. The number of carbonyl (C=O) groups is 1. The van der Waals surface area contributed by atoms with Gasteiger partial charge in [0.15, 0.2) is 5.78 Å².